The summed E-state index contributed by atoms with van der Waals surface area (Å²) in [7, 11) is -0.518. The van der Waals surface area contributed by atoms with Crippen LogP contribution in [-0.2, 0) is 16.6 Å². The molecule has 0 saturated heterocycles. The van der Waals surface area contributed by atoms with Crippen LogP contribution in [0.25, 0.3) is 10.2 Å². The highest BCUT2D eigenvalue weighted by molar-refractivity contribution is 7.92. The monoisotopic (exact) mass is 405 g/mol. The number of carbonyl (C=O) groups excluding carboxylic acids is 1. The number of anilines is 1. The Morgan fingerprint density at radius 3 is 2.41 bits per heavy atom. The third-order valence-corrected chi connectivity index (χ3v) is 6.38. The van der Waals surface area contributed by atoms with Gasteiger partial charge in [0.2, 0.25) is 0 Å². The maximum atomic E-state index is 12.7. The van der Waals surface area contributed by atoms with E-state index in [9.17, 15) is 18.0 Å². The number of amides is 1. The quantitative estimate of drug-likeness (QED) is 0.707. The van der Waals surface area contributed by atoms with Gasteiger partial charge in [-0.05, 0) is 49.4 Å². The Bertz CT molecular complexity index is 1160. The molecule has 0 fully saturated rings. The third kappa shape index (κ3) is 3.74. The molecule has 7 nitrogen and oxygen atoms in total. The molecule has 2 aromatic carbocycles. The molecule has 3 rings (SSSR count). The van der Waals surface area contributed by atoms with Gasteiger partial charge in [-0.25, -0.2) is 8.42 Å². The topological polar surface area (TPSA) is 88.5 Å². The number of rotatable bonds is 5. The lowest BCUT2D eigenvalue weighted by Gasteiger charge is -2.12. The smallest absolute Gasteiger partial charge is 0.308 e. The van der Waals surface area contributed by atoms with Gasteiger partial charge in [-0.2, -0.15) is 0 Å². The molecule has 0 aliphatic carbocycles. The molecule has 1 aromatic heterocycles. The Kier molecular flexibility index (Phi) is 5.07. The third-order valence-electron chi connectivity index (χ3n) is 4.06. The molecule has 1 amide bonds. The van der Waals surface area contributed by atoms with Crippen LogP contribution < -0.4 is 9.60 Å². The van der Waals surface area contributed by atoms with Crippen molar-refractivity contribution < 1.29 is 13.2 Å². The number of benzene rings is 2. The highest BCUT2D eigenvalue weighted by Gasteiger charge is 2.17. The average Bonchev–Trinajstić information content (AvgIpc) is 2.95. The molecule has 0 unspecified atom stereocenters. The summed E-state index contributed by atoms with van der Waals surface area (Å²) >= 11 is 1.02. The molecule has 27 heavy (non-hydrogen) atoms. The standard InChI is InChI=1S/C18H19N3O4S2/c1-4-21-15-10-9-14(11-16(15)26-18(21)23)27(24,25)19-13-7-5-12(6-8-13)17(22)20(2)3/h5-11,19H,4H2,1-3H3. The molecule has 0 saturated carbocycles. The van der Waals surface area contributed by atoms with Gasteiger partial charge in [0, 0.05) is 31.9 Å². The summed E-state index contributed by atoms with van der Waals surface area (Å²) in [6.07, 6.45) is 0. The summed E-state index contributed by atoms with van der Waals surface area (Å²) in [6, 6.07) is 10.8. The van der Waals surface area contributed by atoms with Crippen molar-refractivity contribution in [3.63, 3.8) is 0 Å². The first-order chi connectivity index (χ1) is 12.7. The minimum absolute atomic E-state index is 0.0768. The van der Waals surface area contributed by atoms with Crippen molar-refractivity contribution in [2.24, 2.45) is 0 Å². The van der Waals surface area contributed by atoms with Crippen molar-refractivity contribution >= 4 is 43.2 Å². The van der Waals surface area contributed by atoms with E-state index in [4.69, 9.17) is 0 Å². The Morgan fingerprint density at radius 1 is 1.15 bits per heavy atom. The second-order valence-corrected chi connectivity index (χ2v) is 8.80. The van der Waals surface area contributed by atoms with Gasteiger partial charge in [-0.1, -0.05) is 11.3 Å². The molecule has 0 bridgehead atoms. The minimum Gasteiger partial charge on any atom is -0.345 e. The summed E-state index contributed by atoms with van der Waals surface area (Å²) in [5.74, 6) is -0.162. The Hall–Kier alpha value is -2.65. The average molecular weight is 406 g/mol. The minimum atomic E-state index is -3.81. The second kappa shape index (κ2) is 7.16. The van der Waals surface area contributed by atoms with Gasteiger partial charge in [0.15, 0.2) is 0 Å². The molecular formula is C18H19N3O4S2. The molecule has 0 atom stereocenters. The highest BCUT2D eigenvalue weighted by Crippen LogP contribution is 2.23. The van der Waals surface area contributed by atoms with Crippen LogP contribution in [0.2, 0.25) is 0 Å². The van der Waals surface area contributed by atoms with Crippen molar-refractivity contribution in [1.82, 2.24) is 9.47 Å². The van der Waals surface area contributed by atoms with Crippen LogP contribution in [0.1, 0.15) is 17.3 Å². The molecule has 0 aliphatic rings. The lowest BCUT2D eigenvalue weighted by molar-refractivity contribution is 0.0827. The fraction of sp³-hybridized carbons (Fsp3) is 0.222. The summed E-state index contributed by atoms with van der Waals surface area (Å²) in [5.41, 5.74) is 1.54. The van der Waals surface area contributed by atoms with Crippen LogP contribution in [0, 0.1) is 0 Å². The number of nitrogens with zero attached hydrogens (tertiary/aromatic N) is 2. The van der Waals surface area contributed by atoms with E-state index >= 15 is 0 Å². The first-order valence-electron chi connectivity index (χ1n) is 8.21. The fourth-order valence-electron chi connectivity index (χ4n) is 2.67. The van der Waals surface area contributed by atoms with Crippen molar-refractivity contribution in [2.45, 2.75) is 18.4 Å². The molecule has 1 heterocycles. The summed E-state index contributed by atoms with van der Waals surface area (Å²) in [6.45, 7) is 2.39. The summed E-state index contributed by atoms with van der Waals surface area (Å²) in [5, 5.41) is 0. The number of carbonyl (C=O) groups is 1. The van der Waals surface area contributed by atoms with Crippen LogP contribution in [0.3, 0.4) is 0 Å². The number of hydrogen-bond donors (Lipinski definition) is 1. The van der Waals surface area contributed by atoms with E-state index in [0.29, 0.717) is 22.5 Å². The van der Waals surface area contributed by atoms with Crippen molar-refractivity contribution in [1.29, 1.82) is 0 Å². The maximum absolute atomic E-state index is 12.7. The van der Waals surface area contributed by atoms with Gasteiger partial charge in [0.25, 0.3) is 15.9 Å². The molecule has 3 aromatic rings. The largest absolute Gasteiger partial charge is 0.345 e. The second-order valence-electron chi connectivity index (χ2n) is 6.12. The van der Waals surface area contributed by atoms with Crippen molar-refractivity contribution in [3.8, 4) is 0 Å². The zero-order chi connectivity index (χ0) is 19.8. The molecule has 142 valence electrons. The number of hydrogen-bond acceptors (Lipinski definition) is 5. The zero-order valence-electron chi connectivity index (χ0n) is 15.1. The Balaban J connectivity index is 1.89. The summed E-state index contributed by atoms with van der Waals surface area (Å²) in [4.78, 5) is 25.3. The zero-order valence-corrected chi connectivity index (χ0v) is 16.7. The Morgan fingerprint density at radius 2 is 1.81 bits per heavy atom. The molecule has 0 radical (unpaired) electrons. The van der Waals surface area contributed by atoms with Gasteiger partial charge in [-0.15, -0.1) is 0 Å². The highest BCUT2D eigenvalue weighted by atomic mass is 32.2. The van der Waals surface area contributed by atoms with E-state index in [1.807, 2.05) is 6.92 Å². The van der Waals surface area contributed by atoms with E-state index in [-0.39, 0.29) is 15.7 Å². The van der Waals surface area contributed by atoms with Crippen molar-refractivity contribution in [2.75, 3.05) is 18.8 Å². The van der Waals surface area contributed by atoms with E-state index < -0.39 is 10.0 Å². The molecular weight excluding hydrogens is 386 g/mol. The SMILES string of the molecule is CCn1c(=O)sc2cc(S(=O)(=O)Nc3ccc(C(=O)N(C)C)cc3)ccc21. The van der Waals surface area contributed by atoms with Gasteiger partial charge < -0.3 is 4.90 Å². The predicted octanol–water partition coefficient (Wildman–Crippen LogP) is 2.59. The van der Waals surface area contributed by atoms with Crippen LogP contribution in [0.4, 0.5) is 5.69 Å². The fourth-order valence-corrected chi connectivity index (χ4v) is 4.82. The van der Waals surface area contributed by atoms with E-state index in [1.54, 1.807) is 49.0 Å². The molecule has 0 spiro atoms. The number of fused-ring (bicyclic) bond motifs is 1. The number of nitrogens with one attached hydrogen (secondary N) is 1. The van der Waals surface area contributed by atoms with Crippen LogP contribution in [0.5, 0.6) is 0 Å². The lowest BCUT2D eigenvalue weighted by atomic mass is 10.2. The number of aromatic nitrogens is 1. The van der Waals surface area contributed by atoms with Crippen LogP contribution >= 0.6 is 11.3 Å². The molecule has 9 heteroatoms. The van der Waals surface area contributed by atoms with Crippen LogP contribution in [-0.4, -0.2) is 37.9 Å². The first-order valence-corrected chi connectivity index (χ1v) is 10.5. The van der Waals surface area contributed by atoms with Gasteiger partial charge in [0.05, 0.1) is 15.1 Å². The predicted molar refractivity (Wildman–Crippen MR) is 107 cm³/mol. The van der Waals surface area contributed by atoms with E-state index in [2.05, 4.69) is 4.72 Å². The maximum Gasteiger partial charge on any atom is 0.308 e. The number of aryl methyl sites for hydroxylation is 1. The molecule has 1 N–H and O–H groups in total. The van der Waals surface area contributed by atoms with Gasteiger partial charge in [0.1, 0.15) is 0 Å². The summed E-state index contributed by atoms with van der Waals surface area (Å²) < 4.78 is 30.1. The normalized spacial score (nSPS) is 11.5. The first kappa shape index (κ1) is 19.1. The van der Waals surface area contributed by atoms with Gasteiger partial charge in [-0.3, -0.25) is 18.9 Å². The Labute approximate surface area is 160 Å². The lowest BCUT2D eigenvalue weighted by Crippen LogP contribution is -2.21. The van der Waals surface area contributed by atoms with Crippen molar-refractivity contribution in [3.05, 3.63) is 57.7 Å². The van der Waals surface area contributed by atoms with Crippen LogP contribution in [0.15, 0.2) is 52.2 Å². The number of thiazole rings is 1. The molecule has 0 aliphatic heterocycles. The van der Waals surface area contributed by atoms with E-state index in [1.165, 1.54) is 17.0 Å². The van der Waals surface area contributed by atoms with Gasteiger partial charge >= 0.3 is 4.87 Å². The van der Waals surface area contributed by atoms with E-state index in [0.717, 1.165) is 16.9 Å². The number of sulfonamides is 1.